The van der Waals surface area contributed by atoms with Gasteiger partial charge in [0.05, 0.1) is 0 Å². The minimum atomic E-state index is 0.162. The summed E-state index contributed by atoms with van der Waals surface area (Å²) in [6.45, 7) is 10.5. The lowest BCUT2D eigenvalue weighted by Crippen LogP contribution is -2.42. The summed E-state index contributed by atoms with van der Waals surface area (Å²) in [6.07, 6.45) is 3.01. The van der Waals surface area contributed by atoms with Gasteiger partial charge in [-0.25, -0.2) is 0 Å². The Hall–Kier alpha value is -1.35. The predicted molar refractivity (Wildman–Crippen MR) is 91.8 cm³/mol. The Morgan fingerprint density at radius 2 is 2.00 bits per heavy atom. The van der Waals surface area contributed by atoms with Crippen LogP contribution in [0, 0.1) is 5.92 Å². The van der Waals surface area contributed by atoms with Crippen LogP contribution in [0.25, 0.3) is 0 Å². The van der Waals surface area contributed by atoms with E-state index < -0.39 is 0 Å². The third-order valence-electron chi connectivity index (χ3n) is 5.08. The van der Waals surface area contributed by atoms with Crippen LogP contribution in [0.2, 0.25) is 0 Å². The number of carbonyl (C=O) groups excluding carboxylic acids is 1. The smallest absolute Gasteiger partial charge is 0.223 e. The van der Waals surface area contributed by atoms with Crippen molar-refractivity contribution in [2.75, 3.05) is 6.54 Å². The van der Waals surface area contributed by atoms with Crippen molar-refractivity contribution < 1.29 is 4.79 Å². The molecule has 2 rings (SSSR count). The van der Waals surface area contributed by atoms with Crippen LogP contribution < -0.4 is 10.6 Å². The second kappa shape index (κ2) is 7.28. The van der Waals surface area contributed by atoms with E-state index in [4.69, 9.17) is 0 Å². The molecule has 122 valence electrons. The molecule has 1 aliphatic rings. The molecule has 0 aliphatic carbocycles. The lowest BCUT2D eigenvalue weighted by molar-refractivity contribution is -0.126. The molecule has 1 fully saturated rings. The van der Waals surface area contributed by atoms with E-state index >= 15 is 0 Å². The van der Waals surface area contributed by atoms with E-state index in [1.165, 1.54) is 11.1 Å². The average Bonchev–Trinajstić information content (AvgIpc) is 2.53. The number of hydrogen-bond acceptors (Lipinski definition) is 2. The summed E-state index contributed by atoms with van der Waals surface area (Å²) < 4.78 is 0. The van der Waals surface area contributed by atoms with E-state index in [9.17, 15) is 4.79 Å². The summed E-state index contributed by atoms with van der Waals surface area (Å²) in [5, 5.41) is 6.48. The highest BCUT2D eigenvalue weighted by Crippen LogP contribution is 2.26. The molecule has 22 heavy (non-hydrogen) atoms. The molecule has 0 bridgehead atoms. The van der Waals surface area contributed by atoms with Crippen LogP contribution in [-0.4, -0.2) is 18.5 Å². The first kappa shape index (κ1) is 17.0. The van der Waals surface area contributed by atoms with Gasteiger partial charge in [-0.3, -0.25) is 4.79 Å². The van der Waals surface area contributed by atoms with Crippen LogP contribution >= 0.6 is 0 Å². The zero-order chi connectivity index (χ0) is 16.2. The lowest BCUT2D eigenvalue weighted by atomic mass is 9.82. The zero-order valence-electron chi connectivity index (χ0n) is 14.4. The van der Waals surface area contributed by atoms with Crippen molar-refractivity contribution in [2.45, 2.75) is 65.0 Å². The predicted octanol–water partition coefficient (Wildman–Crippen LogP) is 3.38. The second-order valence-corrected chi connectivity index (χ2v) is 7.23. The Balaban J connectivity index is 1.87. The van der Waals surface area contributed by atoms with Crippen molar-refractivity contribution >= 4 is 5.91 Å². The maximum atomic E-state index is 12.3. The molecule has 0 aromatic heterocycles. The number of carbonyl (C=O) groups is 1. The van der Waals surface area contributed by atoms with Crippen molar-refractivity contribution in [3.63, 3.8) is 0 Å². The minimum Gasteiger partial charge on any atom is -0.352 e. The molecule has 1 aliphatic heterocycles. The SMILES string of the molecule is CCC(C)(C)c1ccc(CNC(=O)[C@H]2CCN[C@@H](C)C2)cc1. The maximum Gasteiger partial charge on any atom is 0.223 e. The van der Waals surface area contributed by atoms with Gasteiger partial charge in [-0.15, -0.1) is 0 Å². The van der Waals surface area contributed by atoms with Crippen molar-refractivity contribution in [2.24, 2.45) is 5.92 Å². The van der Waals surface area contributed by atoms with Crippen LogP contribution in [0.5, 0.6) is 0 Å². The van der Waals surface area contributed by atoms with Crippen LogP contribution in [0.1, 0.15) is 58.1 Å². The molecule has 1 aromatic rings. The van der Waals surface area contributed by atoms with E-state index in [0.29, 0.717) is 12.6 Å². The summed E-state index contributed by atoms with van der Waals surface area (Å²) in [6, 6.07) is 9.10. The summed E-state index contributed by atoms with van der Waals surface area (Å²) >= 11 is 0. The highest BCUT2D eigenvalue weighted by molar-refractivity contribution is 5.78. The third kappa shape index (κ3) is 4.33. The van der Waals surface area contributed by atoms with Gasteiger partial charge in [0.1, 0.15) is 0 Å². The summed E-state index contributed by atoms with van der Waals surface area (Å²) in [7, 11) is 0. The first-order valence-electron chi connectivity index (χ1n) is 8.53. The quantitative estimate of drug-likeness (QED) is 0.875. The Morgan fingerprint density at radius 1 is 1.32 bits per heavy atom. The van der Waals surface area contributed by atoms with Gasteiger partial charge in [-0.2, -0.15) is 0 Å². The lowest BCUT2D eigenvalue weighted by Gasteiger charge is -2.27. The van der Waals surface area contributed by atoms with Gasteiger partial charge in [0, 0.05) is 18.5 Å². The van der Waals surface area contributed by atoms with Gasteiger partial charge in [0.25, 0.3) is 0 Å². The average molecular weight is 302 g/mol. The first-order valence-corrected chi connectivity index (χ1v) is 8.53. The fraction of sp³-hybridized carbons (Fsp3) is 0.632. The van der Waals surface area contributed by atoms with Crippen molar-refractivity contribution in [1.29, 1.82) is 0 Å². The molecule has 0 radical (unpaired) electrons. The zero-order valence-corrected chi connectivity index (χ0v) is 14.4. The van der Waals surface area contributed by atoms with Crippen molar-refractivity contribution in [3.8, 4) is 0 Å². The molecular weight excluding hydrogens is 272 g/mol. The van der Waals surface area contributed by atoms with E-state index in [1.54, 1.807) is 0 Å². The van der Waals surface area contributed by atoms with Crippen LogP contribution in [0.15, 0.2) is 24.3 Å². The minimum absolute atomic E-state index is 0.162. The largest absolute Gasteiger partial charge is 0.352 e. The van der Waals surface area contributed by atoms with Crippen molar-refractivity contribution in [1.82, 2.24) is 10.6 Å². The summed E-state index contributed by atoms with van der Waals surface area (Å²) in [4.78, 5) is 12.3. The van der Waals surface area contributed by atoms with E-state index in [0.717, 1.165) is 25.8 Å². The highest BCUT2D eigenvalue weighted by atomic mass is 16.1. The fourth-order valence-corrected chi connectivity index (χ4v) is 2.98. The Labute approximate surface area is 134 Å². The van der Waals surface area contributed by atoms with Gasteiger partial charge in [-0.1, -0.05) is 45.0 Å². The molecule has 1 heterocycles. The molecule has 3 heteroatoms. The van der Waals surface area contributed by atoms with Gasteiger partial charge in [0.15, 0.2) is 0 Å². The molecule has 2 atom stereocenters. The summed E-state index contributed by atoms with van der Waals surface area (Å²) in [5.41, 5.74) is 2.75. The number of benzene rings is 1. The first-order chi connectivity index (χ1) is 10.4. The molecule has 0 unspecified atom stereocenters. The third-order valence-corrected chi connectivity index (χ3v) is 5.08. The monoisotopic (exact) mass is 302 g/mol. The fourth-order valence-electron chi connectivity index (χ4n) is 2.98. The number of hydrogen-bond donors (Lipinski definition) is 2. The maximum absolute atomic E-state index is 12.3. The molecular formula is C19H30N2O. The highest BCUT2D eigenvalue weighted by Gasteiger charge is 2.24. The van der Waals surface area contributed by atoms with Crippen LogP contribution in [0.3, 0.4) is 0 Å². The molecule has 1 aromatic carbocycles. The standard InChI is InChI=1S/C19H30N2O/c1-5-19(3,4)17-8-6-15(7-9-17)13-21-18(22)16-10-11-20-14(2)12-16/h6-9,14,16,20H,5,10-13H2,1-4H3,(H,21,22)/t14-,16-/m0/s1. The van der Waals surface area contributed by atoms with E-state index in [-0.39, 0.29) is 17.2 Å². The second-order valence-electron chi connectivity index (χ2n) is 7.23. The number of nitrogens with one attached hydrogen (secondary N) is 2. The normalized spacial score (nSPS) is 22.4. The Bertz CT molecular complexity index is 493. The van der Waals surface area contributed by atoms with Crippen LogP contribution in [0.4, 0.5) is 0 Å². The van der Waals surface area contributed by atoms with Crippen LogP contribution in [-0.2, 0) is 16.8 Å². The number of rotatable bonds is 5. The van der Waals surface area contributed by atoms with E-state index in [2.05, 4.69) is 62.6 Å². The van der Waals surface area contributed by atoms with E-state index in [1.807, 2.05) is 0 Å². The topological polar surface area (TPSA) is 41.1 Å². The molecule has 0 saturated carbocycles. The molecule has 2 N–H and O–H groups in total. The molecule has 0 spiro atoms. The van der Waals surface area contributed by atoms with Gasteiger partial charge >= 0.3 is 0 Å². The molecule has 1 saturated heterocycles. The summed E-state index contributed by atoms with van der Waals surface area (Å²) in [5.74, 6) is 0.362. The molecule has 1 amide bonds. The number of piperidine rings is 1. The van der Waals surface area contributed by atoms with Gasteiger partial charge in [0.2, 0.25) is 5.91 Å². The number of amides is 1. The van der Waals surface area contributed by atoms with Gasteiger partial charge < -0.3 is 10.6 Å². The van der Waals surface area contributed by atoms with Gasteiger partial charge in [-0.05, 0) is 49.3 Å². The Kier molecular flexibility index (Phi) is 5.63. The Morgan fingerprint density at radius 3 is 2.59 bits per heavy atom. The molecule has 3 nitrogen and oxygen atoms in total. The van der Waals surface area contributed by atoms with Crippen molar-refractivity contribution in [3.05, 3.63) is 35.4 Å².